The van der Waals surface area contributed by atoms with Crippen molar-refractivity contribution in [2.24, 2.45) is 0 Å². The third kappa shape index (κ3) is 3.72. The highest BCUT2D eigenvalue weighted by Gasteiger charge is 2.11. The molecule has 2 rings (SSSR count). The molecule has 0 aliphatic carbocycles. The van der Waals surface area contributed by atoms with Gasteiger partial charge in [0, 0.05) is 11.4 Å². The van der Waals surface area contributed by atoms with E-state index in [1.807, 2.05) is 0 Å². The molecule has 2 N–H and O–H groups in total. The molecule has 0 unspecified atom stereocenters. The van der Waals surface area contributed by atoms with Gasteiger partial charge in [-0.1, -0.05) is 12.1 Å². The zero-order chi connectivity index (χ0) is 15.4. The number of anilines is 1. The number of benzene rings is 2. The SMILES string of the molecule is COC(=O)c1ccc(CSc2c(F)cc(N)cc2F)cc1. The highest BCUT2D eigenvalue weighted by molar-refractivity contribution is 7.98. The molecule has 0 spiro atoms. The molecule has 0 amide bonds. The fourth-order valence-electron chi connectivity index (χ4n) is 1.73. The number of nitrogens with two attached hydrogens (primary N) is 1. The van der Waals surface area contributed by atoms with Crippen LogP contribution in [0.3, 0.4) is 0 Å². The highest BCUT2D eigenvalue weighted by Crippen LogP contribution is 2.29. The van der Waals surface area contributed by atoms with Crippen LogP contribution < -0.4 is 5.73 Å². The van der Waals surface area contributed by atoms with Gasteiger partial charge >= 0.3 is 5.97 Å². The second kappa shape index (κ2) is 6.58. The number of ether oxygens (including phenoxy) is 1. The Labute approximate surface area is 125 Å². The molecule has 0 aliphatic rings. The Morgan fingerprint density at radius 3 is 2.29 bits per heavy atom. The van der Waals surface area contributed by atoms with Gasteiger partial charge in [0.25, 0.3) is 0 Å². The van der Waals surface area contributed by atoms with Crippen LogP contribution in [0.4, 0.5) is 14.5 Å². The van der Waals surface area contributed by atoms with Crippen LogP contribution in [0.2, 0.25) is 0 Å². The molecule has 0 saturated carbocycles. The molecule has 0 fully saturated rings. The van der Waals surface area contributed by atoms with Gasteiger partial charge in [-0.15, -0.1) is 11.8 Å². The van der Waals surface area contributed by atoms with Gasteiger partial charge < -0.3 is 10.5 Å². The Kier molecular flexibility index (Phi) is 4.80. The molecule has 110 valence electrons. The van der Waals surface area contributed by atoms with Crippen molar-refractivity contribution in [2.45, 2.75) is 10.6 Å². The first-order valence-electron chi connectivity index (χ1n) is 6.06. The number of carbonyl (C=O) groups is 1. The van der Waals surface area contributed by atoms with Crippen LogP contribution in [0, 0.1) is 11.6 Å². The fraction of sp³-hybridized carbons (Fsp3) is 0.133. The molecule has 3 nitrogen and oxygen atoms in total. The fourth-order valence-corrected chi connectivity index (χ4v) is 2.62. The molecule has 0 aromatic heterocycles. The normalized spacial score (nSPS) is 10.4. The van der Waals surface area contributed by atoms with E-state index in [1.165, 1.54) is 7.11 Å². The summed E-state index contributed by atoms with van der Waals surface area (Å²) in [5.41, 5.74) is 6.68. The number of rotatable bonds is 4. The summed E-state index contributed by atoms with van der Waals surface area (Å²) >= 11 is 1.03. The molecule has 2 aromatic carbocycles. The minimum absolute atomic E-state index is 0.0526. The van der Waals surface area contributed by atoms with Gasteiger partial charge in [0.1, 0.15) is 11.6 Å². The lowest BCUT2D eigenvalue weighted by Crippen LogP contribution is -2.00. The molecule has 0 saturated heterocycles. The van der Waals surface area contributed by atoms with E-state index < -0.39 is 17.6 Å². The van der Waals surface area contributed by atoms with Crippen LogP contribution in [0.5, 0.6) is 0 Å². The van der Waals surface area contributed by atoms with Gasteiger partial charge in [0.15, 0.2) is 0 Å². The van der Waals surface area contributed by atoms with Crippen LogP contribution in [-0.2, 0) is 10.5 Å². The van der Waals surface area contributed by atoms with Crippen LogP contribution in [0.15, 0.2) is 41.3 Å². The summed E-state index contributed by atoms with van der Waals surface area (Å²) in [6.45, 7) is 0. The average Bonchev–Trinajstić information content (AvgIpc) is 2.46. The third-order valence-electron chi connectivity index (χ3n) is 2.78. The summed E-state index contributed by atoms with van der Waals surface area (Å²) in [6.07, 6.45) is 0. The summed E-state index contributed by atoms with van der Waals surface area (Å²) < 4.78 is 31.8. The molecule has 6 heteroatoms. The summed E-state index contributed by atoms with van der Waals surface area (Å²) in [5.74, 6) is -1.41. The minimum atomic E-state index is -0.677. The Bertz CT molecular complexity index is 636. The lowest BCUT2D eigenvalue weighted by atomic mass is 10.1. The molecule has 0 heterocycles. The minimum Gasteiger partial charge on any atom is -0.465 e. The Balaban J connectivity index is 2.08. The maximum atomic E-state index is 13.6. The molecular formula is C15H13F2NO2S. The van der Waals surface area contributed by atoms with Crippen molar-refractivity contribution in [1.29, 1.82) is 0 Å². The van der Waals surface area contributed by atoms with Crippen molar-refractivity contribution in [3.05, 3.63) is 59.2 Å². The van der Waals surface area contributed by atoms with Crippen molar-refractivity contribution >= 4 is 23.4 Å². The lowest BCUT2D eigenvalue weighted by Gasteiger charge is -2.06. The van der Waals surface area contributed by atoms with Gasteiger partial charge in [0.2, 0.25) is 0 Å². The number of halogens is 2. The zero-order valence-corrected chi connectivity index (χ0v) is 12.0. The smallest absolute Gasteiger partial charge is 0.337 e. The molecule has 21 heavy (non-hydrogen) atoms. The van der Waals surface area contributed by atoms with E-state index in [0.717, 1.165) is 29.5 Å². The standard InChI is InChI=1S/C15H13F2NO2S/c1-20-15(19)10-4-2-9(3-5-10)8-21-14-12(16)6-11(18)7-13(14)17/h2-7H,8,18H2,1H3. The molecular weight excluding hydrogens is 296 g/mol. The average molecular weight is 309 g/mol. The van der Waals surface area contributed by atoms with Gasteiger partial charge in [-0.05, 0) is 29.8 Å². The molecule has 0 radical (unpaired) electrons. The number of thioether (sulfide) groups is 1. The van der Waals surface area contributed by atoms with Crippen molar-refractivity contribution in [1.82, 2.24) is 0 Å². The van der Waals surface area contributed by atoms with E-state index in [2.05, 4.69) is 4.74 Å². The maximum absolute atomic E-state index is 13.6. The Hall–Kier alpha value is -2.08. The summed E-state index contributed by atoms with van der Waals surface area (Å²) in [4.78, 5) is 11.2. The molecule has 2 aromatic rings. The number of nitrogen functional groups attached to an aromatic ring is 1. The number of hydrogen-bond donors (Lipinski definition) is 1. The van der Waals surface area contributed by atoms with Crippen LogP contribution >= 0.6 is 11.8 Å². The maximum Gasteiger partial charge on any atom is 0.337 e. The second-order valence-corrected chi connectivity index (χ2v) is 5.28. The molecule has 0 bridgehead atoms. The van der Waals surface area contributed by atoms with Crippen molar-refractivity contribution in [3.8, 4) is 0 Å². The summed E-state index contributed by atoms with van der Waals surface area (Å²) in [7, 11) is 1.30. The van der Waals surface area contributed by atoms with Gasteiger partial charge in [-0.25, -0.2) is 13.6 Å². The van der Waals surface area contributed by atoms with Crippen LogP contribution in [0.1, 0.15) is 15.9 Å². The zero-order valence-electron chi connectivity index (χ0n) is 11.2. The summed E-state index contributed by atoms with van der Waals surface area (Å²) in [5, 5.41) is 0. The first kappa shape index (κ1) is 15.3. The predicted molar refractivity (Wildman–Crippen MR) is 78.1 cm³/mol. The number of methoxy groups -OCH3 is 1. The number of esters is 1. The van der Waals surface area contributed by atoms with Crippen molar-refractivity contribution < 1.29 is 18.3 Å². The number of hydrogen-bond acceptors (Lipinski definition) is 4. The monoisotopic (exact) mass is 309 g/mol. The van der Waals surface area contributed by atoms with E-state index in [-0.39, 0.29) is 10.6 Å². The van der Waals surface area contributed by atoms with Crippen LogP contribution in [-0.4, -0.2) is 13.1 Å². The van der Waals surface area contributed by atoms with Gasteiger partial charge in [0.05, 0.1) is 17.6 Å². The Morgan fingerprint density at radius 2 is 1.76 bits per heavy atom. The molecule has 0 aliphatic heterocycles. The van der Waals surface area contributed by atoms with E-state index in [9.17, 15) is 13.6 Å². The highest BCUT2D eigenvalue weighted by atomic mass is 32.2. The van der Waals surface area contributed by atoms with Gasteiger partial charge in [-0.3, -0.25) is 0 Å². The van der Waals surface area contributed by atoms with Gasteiger partial charge in [-0.2, -0.15) is 0 Å². The lowest BCUT2D eigenvalue weighted by molar-refractivity contribution is 0.0600. The first-order chi connectivity index (χ1) is 10.0. The van der Waals surface area contributed by atoms with E-state index in [1.54, 1.807) is 24.3 Å². The quantitative estimate of drug-likeness (QED) is 0.532. The van der Waals surface area contributed by atoms with Crippen molar-refractivity contribution in [2.75, 3.05) is 12.8 Å². The largest absolute Gasteiger partial charge is 0.465 e. The summed E-state index contributed by atoms with van der Waals surface area (Å²) in [6, 6.07) is 8.82. The van der Waals surface area contributed by atoms with Crippen LogP contribution in [0.25, 0.3) is 0 Å². The van der Waals surface area contributed by atoms with E-state index >= 15 is 0 Å². The third-order valence-corrected chi connectivity index (χ3v) is 3.94. The van der Waals surface area contributed by atoms with E-state index in [4.69, 9.17) is 5.73 Å². The second-order valence-electron chi connectivity index (χ2n) is 4.29. The Morgan fingerprint density at radius 1 is 1.19 bits per heavy atom. The predicted octanol–water partition coefficient (Wildman–Crippen LogP) is 3.63. The van der Waals surface area contributed by atoms with Crippen molar-refractivity contribution in [3.63, 3.8) is 0 Å². The first-order valence-corrected chi connectivity index (χ1v) is 7.04. The topological polar surface area (TPSA) is 52.3 Å². The number of carbonyl (C=O) groups excluding carboxylic acids is 1. The van der Waals surface area contributed by atoms with E-state index in [0.29, 0.717) is 11.3 Å². The molecule has 0 atom stereocenters.